The summed E-state index contributed by atoms with van der Waals surface area (Å²) in [4.78, 5) is 23.2. The number of halogens is 1. The van der Waals surface area contributed by atoms with E-state index in [4.69, 9.17) is 0 Å². The van der Waals surface area contributed by atoms with Gasteiger partial charge in [-0.1, -0.05) is 30.3 Å². The smallest absolute Gasteiger partial charge is 0.318 e. The zero-order chi connectivity index (χ0) is 15.9. The van der Waals surface area contributed by atoms with Crippen molar-refractivity contribution in [2.24, 2.45) is 5.10 Å². The molecular formula is C16H14FN3O2. The van der Waals surface area contributed by atoms with Crippen LogP contribution in [0.4, 0.5) is 10.1 Å². The van der Waals surface area contributed by atoms with Gasteiger partial charge in [-0.2, -0.15) is 5.10 Å². The van der Waals surface area contributed by atoms with E-state index in [1.54, 1.807) is 30.3 Å². The fraction of sp³-hybridized carbons (Fsp3) is 0.0625. The van der Waals surface area contributed by atoms with Crippen LogP contribution in [-0.2, 0) is 9.59 Å². The SMILES string of the molecule is Cc1cccc(NC(=O)C(=O)N/N=C/c2ccccc2F)c1. The highest BCUT2D eigenvalue weighted by atomic mass is 19.1. The Hall–Kier alpha value is -3.02. The maximum atomic E-state index is 13.3. The fourth-order valence-electron chi connectivity index (χ4n) is 1.70. The van der Waals surface area contributed by atoms with Crippen molar-refractivity contribution in [2.45, 2.75) is 6.92 Å². The van der Waals surface area contributed by atoms with Gasteiger partial charge in [0.1, 0.15) is 5.82 Å². The van der Waals surface area contributed by atoms with Crippen molar-refractivity contribution in [1.82, 2.24) is 5.43 Å². The van der Waals surface area contributed by atoms with Gasteiger partial charge in [-0.15, -0.1) is 0 Å². The molecule has 2 aromatic carbocycles. The van der Waals surface area contributed by atoms with Gasteiger partial charge in [0.25, 0.3) is 0 Å². The minimum absolute atomic E-state index is 0.210. The molecule has 0 spiro atoms. The maximum absolute atomic E-state index is 13.3. The molecule has 2 N–H and O–H groups in total. The van der Waals surface area contributed by atoms with E-state index < -0.39 is 17.6 Å². The molecule has 0 aliphatic carbocycles. The number of anilines is 1. The number of hydrogen-bond donors (Lipinski definition) is 2. The molecule has 0 atom stereocenters. The topological polar surface area (TPSA) is 70.6 Å². The normalized spacial score (nSPS) is 10.5. The van der Waals surface area contributed by atoms with Gasteiger partial charge in [0, 0.05) is 11.3 Å². The molecule has 22 heavy (non-hydrogen) atoms. The van der Waals surface area contributed by atoms with Crippen molar-refractivity contribution < 1.29 is 14.0 Å². The van der Waals surface area contributed by atoms with Crippen molar-refractivity contribution in [3.05, 3.63) is 65.5 Å². The molecule has 0 radical (unpaired) electrons. The van der Waals surface area contributed by atoms with Crippen LogP contribution in [0.1, 0.15) is 11.1 Å². The summed E-state index contributed by atoms with van der Waals surface area (Å²) in [6, 6.07) is 13.0. The van der Waals surface area contributed by atoms with Gasteiger partial charge in [-0.3, -0.25) is 9.59 Å². The quantitative estimate of drug-likeness (QED) is 0.518. The molecule has 112 valence electrons. The molecule has 0 bridgehead atoms. The lowest BCUT2D eigenvalue weighted by Gasteiger charge is -2.04. The Bertz CT molecular complexity index is 729. The third kappa shape index (κ3) is 4.24. The van der Waals surface area contributed by atoms with Gasteiger partial charge in [0.15, 0.2) is 0 Å². The summed E-state index contributed by atoms with van der Waals surface area (Å²) in [6.07, 6.45) is 1.13. The maximum Gasteiger partial charge on any atom is 0.329 e. The van der Waals surface area contributed by atoms with E-state index in [0.717, 1.165) is 11.8 Å². The van der Waals surface area contributed by atoms with Crippen LogP contribution in [0, 0.1) is 12.7 Å². The summed E-state index contributed by atoms with van der Waals surface area (Å²) in [5.74, 6) is -2.25. The second-order valence-corrected chi connectivity index (χ2v) is 4.54. The van der Waals surface area contributed by atoms with Crippen LogP contribution >= 0.6 is 0 Å². The van der Waals surface area contributed by atoms with E-state index in [1.165, 1.54) is 12.1 Å². The van der Waals surface area contributed by atoms with Crippen LogP contribution in [0.2, 0.25) is 0 Å². The van der Waals surface area contributed by atoms with E-state index in [9.17, 15) is 14.0 Å². The van der Waals surface area contributed by atoms with Crippen molar-refractivity contribution >= 4 is 23.7 Å². The summed E-state index contributed by atoms with van der Waals surface area (Å²) < 4.78 is 13.3. The van der Waals surface area contributed by atoms with Gasteiger partial charge >= 0.3 is 11.8 Å². The Balaban J connectivity index is 1.92. The number of carbonyl (C=O) groups excluding carboxylic acids is 2. The van der Waals surface area contributed by atoms with E-state index in [-0.39, 0.29) is 5.56 Å². The second-order valence-electron chi connectivity index (χ2n) is 4.54. The molecule has 6 heteroatoms. The molecule has 2 aromatic rings. The van der Waals surface area contributed by atoms with Crippen LogP contribution < -0.4 is 10.7 Å². The number of amides is 2. The van der Waals surface area contributed by atoms with Crippen LogP contribution in [0.15, 0.2) is 53.6 Å². The number of nitrogens with zero attached hydrogens (tertiary/aromatic N) is 1. The van der Waals surface area contributed by atoms with E-state index >= 15 is 0 Å². The van der Waals surface area contributed by atoms with E-state index in [1.807, 2.05) is 18.4 Å². The number of hydrazone groups is 1. The molecule has 0 fully saturated rings. The van der Waals surface area contributed by atoms with Gasteiger partial charge in [-0.05, 0) is 30.7 Å². The first-order valence-electron chi connectivity index (χ1n) is 6.52. The minimum Gasteiger partial charge on any atom is -0.318 e. The first-order chi connectivity index (χ1) is 10.6. The second kappa shape index (κ2) is 7.12. The number of rotatable bonds is 3. The highest BCUT2D eigenvalue weighted by molar-refractivity contribution is 6.39. The zero-order valence-corrected chi connectivity index (χ0v) is 11.8. The van der Waals surface area contributed by atoms with Crippen LogP contribution in [0.3, 0.4) is 0 Å². The van der Waals surface area contributed by atoms with Gasteiger partial charge in [0.2, 0.25) is 0 Å². The summed E-state index contributed by atoms with van der Waals surface area (Å²) >= 11 is 0. The van der Waals surface area contributed by atoms with Crippen molar-refractivity contribution in [3.63, 3.8) is 0 Å². The lowest BCUT2D eigenvalue weighted by molar-refractivity contribution is -0.136. The Morgan fingerprint density at radius 2 is 1.86 bits per heavy atom. The first kappa shape index (κ1) is 15.4. The summed E-state index contributed by atoms with van der Waals surface area (Å²) in [7, 11) is 0. The van der Waals surface area contributed by atoms with Crippen LogP contribution in [0.25, 0.3) is 0 Å². The van der Waals surface area contributed by atoms with Crippen LogP contribution in [0.5, 0.6) is 0 Å². The standard InChI is InChI=1S/C16H14FN3O2/c1-11-5-4-7-13(9-11)19-15(21)16(22)20-18-10-12-6-2-3-8-14(12)17/h2-10H,1H3,(H,19,21)(H,20,22)/b18-10+. The summed E-state index contributed by atoms with van der Waals surface area (Å²) in [6.45, 7) is 1.87. The third-order valence-corrected chi connectivity index (χ3v) is 2.76. The molecule has 0 unspecified atom stereocenters. The number of carbonyl (C=O) groups is 2. The third-order valence-electron chi connectivity index (χ3n) is 2.76. The average Bonchev–Trinajstić information content (AvgIpc) is 2.49. The van der Waals surface area contributed by atoms with Gasteiger partial charge < -0.3 is 5.32 Å². The predicted molar refractivity (Wildman–Crippen MR) is 81.9 cm³/mol. The van der Waals surface area contributed by atoms with E-state index in [0.29, 0.717) is 5.69 Å². The largest absolute Gasteiger partial charge is 0.329 e. The predicted octanol–water partition coefficient (Wildman–Crippen LogP) is 2.22. The highest BCUT2D eigenvalue weighted by Crippen LogP contribution is 2.09. The Kier molecular flexibility index (Phi) is 4.98. The molecule has 0 aliphatic heterocycles. The summed E-state index contributed by atoms with van der Waals surface area (Å²) in [5, 5.41) is 6.00. The highest BCUT2D eigenvalue weighted by Gasteiger charge is 2.12. The molecular weight excluding hydrogens is 285 g/mol. The zero-order valence-electron chi connectivity index (χ0n) is 11.8. The molecule has 0 saturated carbocycles. The molecule has 0 aliphatic rings. The van der Waals surface area contributed by atoms with Crippen molar-refractivity contribution in [1.29, 1.82) is 0 Å². The summed E-state index contributed by atoms with van der Waals surface area (Å²) in [5.41, 5.74) is 3.72. The van der Waals surface area contributed by atoms with Crippen molar-refractivity contribution in [3.8, 4) is 0 Å². The minimum atomic E-state index is -0.936. The molecule has 0 saturated heterocycles. The molecule has 0 heterocycles. The first-order valence-corrected chi connectivity index (χ1v) is 6.52. The molecule has 2 amide bonds. The lowest BCUT2D eigenvalue weighted by Crippen LogP contribution is -2.32. The number of aryl methyl sites for hydroxylation is 1. The fourth-order valence-corrected chi connectivity index (χ4v) is 1.70. The van der Waals surface area contributed by atoms with Crippen LogP contribution in [-0.4, -0.2) is 18.0 Å². The Labute approximate surface area is 126 Å². The van der Waals surface area contributed by atoms with E-state index in [2.05, 4.69) is 10.4 Å². The number of hydrogen-bond acceptors (Lipinski definition) is 3. The van der Waals surface area contributed by atoms with Gasteiger partial charge in [0.05, 0.1) is 6.21 Å². The number of benzene rings is 2. The number of nitrogens with one attached hydrogen (secondary N) is 2. The Morgan fingerprint density at radius 3 is 2.59 bits per heavy atom. The molecule has 0 aromatic heterocycles. The Morgan fingerprint density at radius 1 is 1.09 bits per heavy atom. The monoisotopic (exact) mass is 299 g/mol. The molecule has 2 rings (SSSR count). The average molecular weight is 299 g/mol. The van der Waals surface area contributed by atoms with Crippen molar-refractivity contribution in [2.75, 3.05) is 5.32 Å². The lowest BCUT2D eigenvalue weighted by atomic mass is 10.2. The molecule has 5 nitrogen and oxygen atoms in total. The van der Waals surface area contributed by atoms with Gasteiger partial charge in [-0.25, -0.2) is 9.82 Å².